The summed E-state index contributed by atoms with van der Waals surface area (Å²) < 4.78 is 12.4. The number of rotatable bonds is 3. The molecule has 1 aromatic rings. The van der Waals surface area contributed by atoms with Gasteiger partial charge in [-0.2, -0.15) is 0 Å². The van der Waals surface area contributed by atoms with Gasteiger partial charge in [-0.15, -0.1) is 0 Å². The van der Waals surface area contributed by atoms with Gasteiger partial charge >= 0.3 is 0 Å². The number of nitro benzene ring substituents is 1. The molecule has 4 heteroatoms. The monoisotopic (exact) mass is 196 g/mol. The van der Waals surface area contributed by atoms with Crippen LogP contribution in [0.4, 0.5) is 10.1 Å². The quantitative estimate of drug-likeness (QED) is 0.551. The molecule has 0 atom stereocenters. The second kappa shape index (κ2) is 4.17. The van der Waals surface area contributed by atoms with Gasteiger partial charge in [-0.3, -0.25) is 14.5 Å². The Morgan fingerprint density at radius 3 is 2.71 bits per heavy atom. The molecule has 0 N–H and O–H groups in total. The number of hydrogen-bond acceptors (Lipinski definition) is 2. The van der Waals surface area contributed by atoms with E-state index in [9.17, 15) is 14.5 Å². The first-order valence-electron chi connectivity index (χ1n) is 4.20. The third kappa shape index (κ3) is 2.07. The molecule has 14 heavy (non-hydrogen) atoms. The van der Waals surface area contributed by atoms with Crippen LogP contribution < -0.4 is 0 Å². The molecule has 0 heterocycles. The first kappa shape index (κ1) is 10.6. The van der Waals surface area contributed by atoms with Gasteiger partial charge in [0.15, 0.2) is 0 Å². The summed E-state index contributed by atoms with van der Waals surface area (Å²) in [5.74, 6) is 0.389. The maximum atomic E-state index is 12.4. The highest BCUT2D eigenvalue weighted by molar-refractivity contribution is 5.50. The van der Waals surface area contributed by atoms with Crippen LogP contribution in [0.25, 0.3) is 0 Å². The zero-order valence-corrected chi connectivity index (χ0v) is 8.08. The molecule has 0 unspecified atom stereocenters. The highest BCUT2D eigenvalue weighted by atomic mass is 19.1. The van der Waals surface area contributed by atoms with E-state index in [0.29, 0.717) is 11.5 Å². The third-order valence-corrected chi connectivity index (χ3v) is 2.01. The fourth-order valence-corrected chi connectivity index (χ4v) is 1.22. The Morgan fingerprint density at radius 1 is 1.57 bits per heavy atom. The minimum Gasteiger partial charge on any atom is -0.258 e. The van der Waals surface area contributed by atoms with Crippen molar-refractivity contribution in [3.8, 4) is 0 Å². The van der Waals surface area contributed by atoms with E-state index < -0.39 is 11.6 Å². The van der Waals surface area contributed by atoms with Crippen molar-refractivity contribution in [3.63, 3.8) is 0 Å². The number of nitro groups is 1. The summed E-state index contributed by atoms with van der Waals surface area (Å²) in [4.78, 5) is 10.1. The molecular weight excluding hydrogens is 185 g/mol. The highest BCUT2D eigenvalue weighted by Crippen LogP contribution is 2.26. The van der Waals surface area contributed by atoms with Crippen molar-refractivity contribution in [2.24, 2.45) is 0 Å². The predicted molar refractivity (Wildman–Crippen MR) is 51.8 cm³/mol. The smallest absolute Gasteiger partial charge is 0.258 e. The van der Waals surface area contributed by atoms with E-state index in [1.54, 1.807) is 19.1 Å². The van der Waals surface area contributed by atoms with Gasteiger partial charge < -0.3 is 0 Å². The average Bonchev–Trinajstić information content (AvgIpc) is 2.16. The molecule has 0 saturated heterocycles. The fraction of sp³-hybridized carbons (Fsp3) is 0.300. The van der Waals surface area contributed by atoms with E-state index in [1.165, 1.54) is 6.07 Å². The molecule has 0 fully saturated rings. The van der Waals surface area contributed by atoms with Gasteiger partial charge in [0.25, 0.3) is 5.69 Å². The number of hydrogen-bond donors (Lipinski definition) is 0. The van der Waals surface area contributed by atoms with Gasteiger partial charge in [-0.25, -0.2) is 0 Å². The molecule has 0 aromatic heterocycles. The fourth-order valence-electron chi connectivity index (χ4n) is 1.22. The molecule has 0 aliphatic rings. The molecule has 0 saturated carbocycles. The second-order valence-electron chi connectivity index (χ2n) is 3.19. The lowest BCUT2D eigenvalue weighted by Gasteiger charge is -2.07. The van der Waals surface area contributed by atoms with Crippen LogP contribution in [0.15, 0.2) is 18.2 Å². The lowest BCUT2D eigenvalue weighted by atomic mass is 9.98. The Morgan fingerprint density at radius 2 is 2.21 bits per heavy atom. The van der Waals surface area contributed by atoms with Crippen molar-refractivity contribution in [1.29, 1.82) is 0 Å². The van der Waals surface area contributed by atoms with E-state index in [2.05, 4.69) is 0 Å². The molecule has 0 spiro atoms. The molecule has 0 amide bonds. The lowest BCUT2D eigenvalue weighted by molar-refractivity contribution is -0.385. The minimum absolute atomic E-state index is 0.0363. The highest BCUT2D eigenvalue weighted by Gasteiger charge is 2.18. The van der Waals surface area contributed by atoms with Crippen LogP contribution in [-0.2, 0) is 0 Å². The molecule has 75 valence electrons. The molecule has 0 bridgehead atoms. The van der Waals surface area contributed by atoms with Crippen LogP contribution in [0, 0.1) is 23.0 Å². The predicted octanol–water partition coefficient (Wildman–Crippen LogP) is 2.82. The van der Waals surface area contributed by atoms with Crippen molar-refractivity contribution in [3.05, 3.63) is 45.4 Å². The Hall–Kier alpha value is -1.45. The van der Waals surface area contributed by atoms with E-state index >= 15 is 0 Å². The summed E-state index contributed by atoms with van der Waals surface area (Å²) in [6, 6.07) is 4.68. The maximum Gasteiger partial charge on any atom is 0.273 e. The van der Waals surface area contributed by atoms with Crippen molar-refractivity contribution < 1.29 is 9.31 Å². The summed E-state index contributed by atoms with van der Waals surface area (Å²) in [6.07, 6.45) is 0. The van der Waals surface area contributed by atoms with Crippen LogP contribution >= 0.6 is 0 Å². The summed E-state index contributed by atoms with van der Waals surface area (Å²) >= 11 is 0. The molecule has 1 rings (SSSR count). The lowest BCUT2D eigenvalue weighted by Crippen LogP contribution is -2.02. The Bertz CT molecular complexity index is 352. The number of alkyl halides is 1. The van der Waals surface area contributed by atoms with E-state index in [0.717, 1.165) is 5.56 Å². The van der Waals surface area contributed by atoms with Crippen molar-refractivity contribution >= 4 is 5.69 Å². The Kier molecular flexibility index (Phi) is 3.17. The van der Waals surface area contributed by atoms with Crippen LogP contribution in [0.2, 0.25) is 0 Å². The van der Waals surface area contributed by atoms with Crippen LogP contribution in [0.3, 0.4) is 0 Å². The molecule has 0 aliphatic heterocycles. The standard InChI is InChI=1S/C10H11FNO2/c1-7-3-4-10(12(13)14)9(5-7)8(2)6-11/h3-5H,6H2,1-2H3. The number of aryl methyl sites for hydroxylation is 1. The summed E-state index contributed by atoms with van der Waals surface area (Å²) in [5.41, 5.74) is 1.24. The number of benzene rings is 1. The number of halogens is 1. The number of nitrogens with zero attached hydrogens (tertiary/aromatic N) is 1. The zero-order chi connectivity index (χ0) is 10.7. The topological polar surface area (TPSA) is 43.1 Å². The molecular formula is C10H11FNO2. The molecule has 0 aliphatic carbocycles. The first-order valence-corrected chi connectivity index (χ1v) is 4.20. The zero-order valence-electron chi connectivity index (χ0n) is 8.08. The average molecular weight is 196 g/mol. The second-order valence-corrected chi connectivity index (χ2v) is 3.19. The van der Waals surface area contributed by atoms with Gasteiger partial charge in [0.1, 0.15) is 0 Å². The van der Waals surface area contributed by atoms with E-state index in [4.69, 9.17) is 0 Å². The van der Waals surface area contributed by atoms with E-state index in [-0.39, 0.29) is 5.69 Å². The SMILES string of the molecule is C[C](CF)c1cc(C)ccc1[N+](=O)[O-]. The Balaban J connectivity index is 3.22. The van der Waals surface area contributed by atoms with Crippen LogP contribution in [0.5, 0.6) is 0 Å². The van der Waals surface area contributed by atoms with Gasteiger partial charge in [0.05, 0.1) is 11.6 Å². The normalized spacial score (nSPS) is 10.6. The minimum atomic E-state index is -0.662. The maximum absolute atomic E-state index is 12.4. The molecule has 1 aromatic carbocycles. The van der Waals surface area contributed by atoms with Gasteiger partial charge in [0, 0.05) is 17.5 Å². The van der Waals surface area contributed by atoms with Gasteiger partial charge in [-0.05, 0) is 13.0 Å². The van der Waals surface area contributed by atoms with Crippen molar-refractivity contribution in [2.75, 3.05) is 6.67 Å². The van der Waals surface area contributed by atoms with Crippen molar-refractivity contribution in [2.45, 2.75) is 13.8 Å². The Labute approximate surface area is 81.7 Å². The summed E-state index contributed by atoms with van der Waals surface area (Å²) in [6.45, 7) is 2.71. The van der Waals surface area contributed by atoms with Crippen LogP contribution in [-0.4, -0.2) is 11.6 Å². The van der Waals surface area contributed by atoms with Crippen LogP contribution in [0.1, 0.15) is 18.1 Å². The third-order valence-electron chi connectivity index (χ3n) is 2.01. The largest absolute Gasteiger partial charge is 0.273 e. The van der Waals surface area contributed by atoms with E-state index in [1.807, 2.05) is 6.92 Å². The summed E-state index contributed by atoms with van der Waals surface area (Å²) in [7, 11) is 0. The van der Waals surface area contributed by atoms with Gasteiger partial charge in [0.2, 0.25) is 0 Å². The molecule has 1 radical (unpaired) electrons. The van der Waals surface area contributed by atoms with Crippen molar-refractivity contribution in [1.82, 2.24) is 0 Å². The van der Waals surface area contributed by atoms with Gasteiger partial charge in [-0.1, -0.05) is 18.6 Å². The summed E-state index contributed by atoms with van der Waals surface area (Å²) in [5, 5.41) is 10.6. The first-order chi connectivity index (χ1) is 6.56. The molecule has 3 nitrogen and oxygen atoms in total.